The van der Waals surface area contributed by atoms with Gasteiger partial charge in [0.15, 0.2) is 0 Å². The van der Waals surface area contributed by atoms with Crippen molar-refractivity contribution >= 4 is 33.2 Å². The fourth-order valence-electron chi connectivity index (χ4n) is 7.00. The minimum atomic E-state index is -3.36. The van der Waals surface area contributed by atoms with Gasteiger partial charge in [-0.15, -0.1) is 0 Å². The van der Waals surface area contributed by atoms with Gasteiger partial charge in [-0.3, -0.25) is 4.79 Å². The lowest BCUT2D eigenvalue weighted by Crippen LogP contribution is -2.57. The van der Waals surface area contributed by atoms with Gasteiger partial charge >= 0.3 is 0 Å². The molecule has 5 rings (SSSR count). The van der Waals surface area contributed by atoms with E-state index in [4.69, 9.17) is 22.1 Å². The first-order chi connectivity index (χ1) is 19.5. The monoisotopic (exact) mass is 606 g/mol. The van der Waals surface area contributed by atoms with Crippen molar-refractivity contribution in [2.75, 3.05) is 24.2 Å². The number of anilines is 1. The van der Waals surface area contributed by atoms with E-state index in [0.717, 1.165) is 12.0 Å². The van der Waals surface area contributed by atoms with Crippen molar-refractivity contribution in [1.82, 2.24) is 9.62 Å². The predicted octanol–water partition coefficient (Wildman–Crippen LogP) is 3.97. The normalized spacial score (nSPS) is 32.1. The highest BCUT2D eigenvalue weighted by atomic mass is 35.5. The molecule has 11 heteroatoms. The summed E-state index contributed by atoms with van der Waals surface area (Å²) in [7, 11) is -3.36. The number of nitrogens with two attached hydrogens (primary N) is 1. The zero-order valence-corrected chi connectivity index (χ0v) is 25.2. The van der Waals surface area contributed by atoms with E-state index in [9.17, 15) is 13.2 Å². The van der Waals surface area contributed by atoms with Gasteiger partial charge in [-0.25, -0.2) is 12.8 Å². The van der Waals surface area contributed by atoms with Gasteiger partial charge in [0.25, 0.3) is 0 Å². The Bertz CT molecular complexity index is 1350. The summed E-state index contributed by atoms with van der Waals surface area (Å²) in [6, 6.07) is 10.9. The predicted molar refractivity (Wildman–Crippen MR) is 159 cm³/mol. The molecule has 0 saturated carbocycles. The fourth-order valence-corrected chi connectivity index (χ4v) is 8.93. The molecule has 224 valence electrons. The highest BCUT2D eigenvalue weighted by molar-refractivity contribution is 7.89. The van der Waals surface area contributed by atoms with Gasteiger partial charge in [-0.1, -0.05) is 29.8 Å². The third-order valence-corrected chi connectivity index (χ3v) is 11.1. The van der Waals surface area contributed by atoms with Crippen LogP contribution in [0.15, 0.2) is 42.5 Å². The van der Waals surface area contributed by atoms with Crippen LogP contribution in [0.4, 0.5) is 10.1 Å². The third-order valence-electron chi connectivity index (χ3n) is 8.93. The molecule has 1 amide bonds. The topological polar surface area (TPSA) is 114 Å². The maximum atomic E-state index is 15.2. The number of hydrogen-bond acceptors (Lipinski definition) is 6. The van der Waals surface area contributed by atoms with E-state index < -0.39 is 33.2 Å². The minimum Gasteiger partial charge on any atom is -0.375 e. The number of amides is 1. The van der Waals surface area contributed by atoms with Crippen LogP contribution < -0.4 is 16.4 Å². The molecule has 8 nitrogen and oxygen atoms in total. The Morgan fingerprint density at radius 2 is 1.93 bits per heavy atom. The Balaban J connectivity index is 1.36. The summed E-state index contributed by atoms with van der Waals surface area (Å²) in [5.74, 6) is -0.721. The van der Waals surface area contributed by atoms with Crippen molar-refractivity contribution in [3.63, 3.8) is 0 Å². The molecule has 6 atom stereocenters. The summed E-state index contributed by atoms with van der Waals surface area (Å²) >= 11 is 6.16. The Kier molecular flexibility index (Phi) is 9.09. The largest absolute Gasteiger partial charge is 0.375 e. The number of nitrogens with zero attached hydrogens (tertiary/aromatic N) is 1. The lowest BCUT2D eigenvalue weighted by molar-refractivity contribution is -0.122. The Hall–Kier alpha value is -2.08. The second kappa shape index (κ2) is 12.3. The molecule has 3 heterocycles. The molecule has 2 aromatic rings. The van der Waals surface area contributed by atoms with Gasteiger partial charge in [0.05, 0.1) is 24.0 Å². The van der Waals surface area contributed by atoms with E-state index in [1.165, 1.54) is 6.07 Å². The van der Waals surface area contributed by atoms with Crippen molar-refractivity contribution in [1.29, 1.82) is 0 Å². The van der Waals surface area contributed by atoms with Crippen molar-refractivity contribution < 1.29 is 22.3 Å². The number of rotatable bonds is 7. The molecule has 6 unspecified atom stereocenters. The van der Waals surface area contributed by atoms with Gasteiger partial charge in [-0.2, -0.15) is 4.31 Å². The summed E-state index contributed by atoms with van der Waals surface area (Å²) in [6.45, 7) is 4.91. The number of carbonyl (C=O) groups is 1. The van der Waals surface area contributed by atoms with Gasteiger partial charge < -0.3 is 21.1 Å². The molecule has 3 saturated heterocycles. The van der Waals surface area contributed by atoms with Crippen LogP contribution in [-0.4, -0.2) is 67.8 Å². The van der Waals surface area contributed by atoms with Crippen LogP contribution in [-0.2, 0) is 31.4 Å². The van der Waals surface area contributed by atoms with Gasteiger partial charge in [0.1, 0.15) is 5.82 Å². The summed E-state index contributed by atoms with van der Waals surface area (Å²) in [6.07, 6.45) is 3.02. The smallest absolute Gasteiger partial charge is 0.242 e. The number of halogens is 2. The lowest BCUT2D eigenvalue weighted by atomic mass is 9.66. The molecule has 2 aromatic carbocycles. The SMILES string of the molecule is CC1CC(c2ccc(Cl)cc2)(C(N)C(=O)Nc2cccc(F)c2CCC2CNC3CCCS(=O)(=O)N2C3)CC(C)O1. The first-order valence-corrected chi connectivity index (χ1v) is 16.5. The molecule has 2 bridgehead atoms. The average molecular weight is 607 g/mol. The summed E-state index contributed by atoms with van der Waals surface area (Å²) in [5.41, 5.74) is 7.68. The van der Waals surface area contributed by atoms with Crippen molar-refractivity contribution in [2.45, 2.75) is 88.1 Å². The van der Waals surface area contributed by atoms with Gasteiger partial charge in [-0.05, 0) is 82.2 Å². The highest BCUT2D eigenvalue weighted by Gasteiger charge is 2.47. The van der Waals surface area contributed by atoms with Crippen LogP contribution in [0, 0.1) is 5.82 Å². The number of ether oxygens (including phenoxy) is 1. The second-order valence-corrected chi connectivity index (χ2v) is 14.4. The molecule has 0 aromatic heterocycles. The summed E-state index contributed by atoms with van der Waals surface area (Å²) < 4.78 is 48.6. The maximum absolute atomic E-state index is 15.2. The number of hydrogen-bond donors (Lipinski definition) is 3. The highest BCUT2D eigenvalue weighted by Crippen LogP contribution is 2.42. The zero-order valence-electron chi connectivity index (χ0n) is 23.6. The fraction of sp³-hybridized carbons (Fsp3) is 0.567. The van der Waals surface area contributed by atoms with E-state index >= 15 is 4.39 Å². The van der Waals surface area contributed by atoms with Crippen LogP contribution >= 0.6 is 11.6 Å². The van der Waals surface area contributed by atoms with Crippen LogP contribution in [0.3, 0.4) is 0 Å². The van der Waals surface area contributed by atoms with E-state index in [2.05, 4.69) is 10.6 Å². The third kappa shape index (κ3) is 6.48. The molecule has 3 fully saturated rings. The van der Waals surface area contributed by atoms with Crippen molar-refractivity contribution in [3.8, 4) is 0 Å². The van der Waals surface area contributed by atoms with Gasteiger partial charge in [0, 0.05) is 46.9 Å². The minimum absolute atomic E-state index is 0.114. The number of fused-ring (bicyclic) bond motifs is 2. The van der Waals surface area contributed by atoms with Crippen LogP contribution in [0.5, 0.6) is 0 Å². The number of carbonyl (C=O) groups excluding carboxylic acids is 1. The van der Waals surface area contributed by atoms with Crippen LogP contribution in [0.1, 0.15) is 57.1 Å². The molecule has 0 radical (unpaired) electrons. The van der Waals surface area contributed by atoms with E-state index in [-0.39, 0.29) is 36.5 Å². The van der Waals surface area contributed by atoms with Crippen molar-refractivity contribution in [2.24, 2.45) is 5.73 Å². The molecule has 41 heavy (non-hydrogen) atoms. The number of sulfonamides is 1. The number of benzene rings is 2. The molecular weight excluding hydrogens is 567 g/mol. The van der Waals surface area contributed by atoms with Gasteiger partial charge in [0.2, 0.25) is 15.9 Å². The quantitative estimate of drug-likeness (QED) is 0.440. The van der Waals surface area contributed by atoms with E-state index in [1.54, 1.807) is 28.6 Å². The molecule has 3 aliphatic heterocycles. The van der Waals surface area contributed by atoms with Crippen LogP contribution in [0.2, 0.25) is 5.02 Å². The Labute approximate surface area is 247 Å². The standard InChI is InChI=1S/C30H40ClFN4O4S/c1-19-15-30(16-20(2)40-19,21-8-10-22(31)11-9-21)28(33)29(37)35-27-7-3-6-26(32)25(27)13-12-24-17-34-23-5-4-14-41(38,39)36(24)18-23/h3,6-11,19-20,23-24,28,34H,4-5,12-18,33H2,1-2H3,(H,35,37). The first kappa shape index (κ1) is 30.4. The molecule has 0 spiro atoms. The van der Waals surface area contributed by atoms with Crippen molar-refractivity contribution in [3.05, 3.63) is 64.4 Å². The zero-order chi connectivity index (χ0) is 29.4. The number of nitrogens with one attached hydrogen (secondary N) is 2. The second-order valence-electron chi connectivity index (χ2n) is 11.9. The number of piperazine rings is 1. The molecule has 3 aliphatic rings. The maximum Gasteiger partial charge on any atom is 0.242 e. The molecule has 0 aliphatic carbocycles. The Morgan fingerprint density at radius 3 is 2.63 bits per heavy atom. The van der Waals surface area contributed by atoms with E-state index in [0.29, 0.717) is 55.0 Å². The Morgan fingerprint density at radius 1 is 1.22 bits per heavy atom. The summed E-state index contributed by atoms with van der Waals surface area (Å²) in [4.78, 5) is 13.8. The summed E-state index contributed by atoms with van der Waals surface area (Å²) in [5, 5.41) is 6.97. The first-order valence-electron chi connectivity index (χ1n) is 14.5. The lowest BCUT2D eigenvalue weighted by Gasteiger charge is -2.46. The van der Waals surface area contributed by atoms with E-state index in [1.807, 2.05) is 26.0 Å². The average Bonchev–Trinajstić information content (AvgIpc) is 3.03. The molecular formula is C30H40ClFN4O4S. The molecule has 4 N–H and O–H groups in total. The van der Waals surface area contributed by atoms with Crippen LogP contribution in [0.25, 0.3) is 0 Å².